The van der Waals surface area contributed by atoms with Gasteiger partial charge in [0.1, 0.15) is 0 Å². The zero-order valence-corrected chi connectivity index (χ0v) is 9.68. The van der Waals surface area contributed by atoms with E-state index in [0.29, 0.717) is 6.04 Å². The van der Waals surface area contributed by atoms with Crippen molar-refractivity contribution < 1.29 is 0 Å². The molecule has 1 aromatic carbocycles. The zero-order valence-electron chi connectivity index (χ0n) is 9.68. The van der Waals surface area contributed by atoms with Gasteiger partial charge >= 0.3 is 0 Å². The van der Waals surface area contributed by atoms with Gasteiger partial charge in [0.15, 0.2) is 0 Å². The van der Waals surface area contributed by atoms with Crippen LogP contribution in [0.25, 0.3) is 0 Å². The van der Waals surface area contributed by atoms with Crippen molar-refractivity contribution in [2.24, 2.45) is 17.6 Å². The topological polar surface area (TPSA) is 29.3 Å². The van der Waals surface area contributed by atoms with E-state index in [2.05, 4.69) is 35.2 Å². The summed E-state index contributed by atoms with van der Waals surface area (Å²) in [7, 11) is 0. The maximum absolute atomic E-state index is 6.22. The van der Waals surface area contributed by atoms with Crippen molar-refractivity contribution in [1.29, 1.82) is 0 Å². The number of nitrogens with two attached hydrogens (primary N) is 1. The molecule has 1 saturated heterocycles. The molecule has 1 aliphatic heterocycles. The molecule has 2 aliphatic rings. The minimum atomic E-state index is 0.413. The van der Waals surface area contributed by atoms with Crippen molar-refractivity contribution in [3.8, 4) is 0 Å². The lowest BCUT2D eigenvalue weighted by Gasteiger charge is -2.15. The molecular formula is C14H20N2. The van der Waals surface area contributed by atoms with Gasteiger partial charge in [-0.1, -0.05) is 30.3 Å². The molecule has 0 amide bonds. The van der Waals surface area contributed by atoms with Gasteiger partial charge in [-0.3, -0.25) is 4.90 Å². The Hall–Kier alpha value is -0.860. The molecule has 2 N–H and O–H groups in total. The summed E-state index contributed by atoms with van der Waals surface area (Å²) in [5.74, 6) is 1.71. The van der Waals surface area contributed by atoms with E-state index in [4.69, 9.17) is 5.73 Å². The van der Waals surface area contributed by atoms with Crippen molar-refractivity contribution >= 4 is 0 Å². The number of nitrogens with zero attached hydrogens (tertiary/aromatic N) is 1. The molecule has 0 radical (unpaired) electrons. The first-order valence-corrected chi connectivity index (χ1v) is 6.35. The molecule has 2 atom stereocenters. The fourth-order valence-electron chi connectivity index (χ4n) is 2.94. The van der Waals surface area contributed by atoms with Crippen molar-refractivity contribution in [3.63, 3.8) is 0 Å². The van der Waals surface area contributed by atoms with Gasteiger partial charge in [0.05, 0.1) is 0 Å². The van der Waals surface area contributed by atoms with Crippen LogP contribution in [0, 0.1) is 11.8 Å². The molecule has 1 aliphatic carbocycles. The highest BCUT2D eigenvalue weighted by molar-refractivity contribution is 5.15. The number of rotatable bonds is 3. The summed E-state index contributed by atoms with van der Waals surface area (Å²) >= 11 is 0. The van der Waals surface area contributed by atoms with Crippen LogP contribution in [0.5, 0.6) is 0 Å². The molecule has 0 bridgehead atoms. The maximum atomic E-state index is 6.22. The average Bonchev–Trinajstić information content (AvgIpc) is 3.06. The smallest absolute Gasteiger partial charge is 0.0234 e. The molecule has 0 spiro atoms. The van der Waals surface area contributed by atoms with E-state index in [9.17, 15) is 0 Å². The molecule has 2 fully saturated rings. The lowest BCUT2D eigenvalue weighted by Crippen LogP contribution is -2.30. The van der Waals surface area contributed by atoms with E-state index in [-0.39, 0.29) is 0 Å². The van der Waals surface area contributed by atoms with E-state index >= 15 is 0 Å². The molecule has 1 aromatic rings. The van der Waals surface area contributed by atoms with Crippen LogP contribution in [0.2, 0.25) is 0 Å². The van der Waals surface area contributed by atoms with E-state index in [1.165, 1.54) is 24.9 Å². The van der Waals surface area contributed by atoms with Gasteiger partial charge < -0.3 is 5.73 Å². The van der Waals surface area contributed by atoms with Gasteiger partial charge in [-0.2, -0.15) is 0 Å². The molecule has 16 heavy (non-hydrogen) atoms. The van der Waals surface area contributed by atoms with Gasteiger partial charge in [0.2, 0.25) is 0 Å². The highest BCUT2D eigenvalue weighted by Gasteiger charge is 2.40. The van der Waals surface area contributed by atoms with Gasteiger partial charge in [0.25, 0.3) is 0 Å². The second-order valence-corrected chi connectivity index (χ2v) is 5.34. The summed E-state index contributed by atoms with van der Waals surface area (Å²) in [6.45, 7) is 3.36. The number of likely N-dealkylation sites (tertiary alicyclic amines) is 1. The molecule has 3 rings (SSSR count). The summed E-state index contributed by atoms with van der Waals surface area (Å²) in [5.41, 5.74) is 7.63. The van der Waals surface area contributed by atoms with Gasteiger partial charge in [-0.05, 0) is 30.2 Å². The Labute approximate surface area is 97.4 Å². The summed E-state index contributed by atoms with van der Waals surface area (Å²) < 4.78 is 0. The maximum Gasteiger partial charge on any atom is 0.0234 e. The fourth-order valence-corrected chi connectivity index (χ4v) is 2.94. The van der Waals surface area contributed by atoms with Crippen molar-refractivity contribution in [1.82, 2.24) is 4.90 Å². The summed E-state index contributed by atoms with van der Waals surface area (Å²) in [6.07, 6.45) is 2.83. The Balaban J connectivity index is 1.61. The van der Waals surface area contributed by atoms with Gasteiger partial charge in [-0.15, -0.1) is 0 Å². The molecular weight excluding hydrogens is 196 g/mol. The molecule has 0 unspecified atom stereocenters. The number of hydrogen-bond acceptors (Lipinski definition) is 2. The Morgan fingerprint density at radius 3 is 2.56 bits per heavy atom. The molecule has 1 saturated carbocycles. The molecule has 2 nitrogen and oxygen atoms in total. The van der Waals surface area contributed by atoms with Crippen molar-refractivity contribution in [2.75, 3.05) is 13.1 Å². The highest BCUT2D eigenvalue weighted by Crippen LogP contribution is 2.41. The number of benzene rings is 1. The van der Waals surface area contributed by atoms with Crippen LogP contribution < -0.4 is 5.73 Å². The third-order valence-corrected chi connectivity index (χ3v) is 3.96. The largest absolute Gasteiger partial charge is 0.326 e. The van der Waals surface area contributed by atoms with Crippen LogP contribution in [-0.2, 0) is 6.54 Å². The Morgan fingerprint density at radius 2 is 1.88 bits per heavy atom. The van der Waals surface area contributed by atoms with E-state index < -0.39 is 0 Å². The van der Waals surface area contributed by atoms with Crippen LogP contribution in [0.1, 0.15) is 18.4 Å². The lowest BCUT2D eigenvalue weighted by atomic mass is 9.99. The quantitative estimate of drug-likeness (QED) is 0.835. The highest BCUT2D eigenvalue weighted by atomic mass is 15.2. The van der Waals surface area contributed by atoms with Crippen LogP contribution in [0.3, 0.4) is 0 Å². The average molecular weight is 216 g/mol. The zero-order chi connectivity index (χ0) is 11.0. The van der Waals surface area contributed by atoms with Crippen LogP contribution in [0.15, 0.2) is 30.3 Å². The van der Waals surface area contributed by atoms with E-state index in [1.807, 2.05) is 0 Å². The first kappa shape index (κ1) is 10.3. The van der Waals surface area contributed by atoms with Gasteiger partial charge in [-0.25, -0.2) is 0 Å². The standard InChI is InChI=1S/C14H20N2/c15-14-10-16(9-13(14)12-6-7-12)8-11-4-2-1-3-5-11/h1-5,12-14H,6-10,15H2/t13-,14-/m0/s1. The van der Waals surface area contributed by atoms with Crippen LogP contribution in [-0.4, -0.2) is 24.0 Å². The second-order valence-electron chi connectivity index (χ2n) is 5.34. The third kappa shape index (κ3) is 2.13. The Kier molecular flexibility index (Phi) is 2.70. The molecule has 1 heterocycles. The van der Waals surface area contributed by atoms with E-state index in [1.54, 1.807) is 0 Å². The monoisotopic (exact) mass is 216 g/mol. The second kappa shape index (κ2) is 4.19. The predicted octanol–water partition coefficient (Wildman–Crippen LogP) is 1.86. The normalized spacial score (nSPS) is 30.8. The molecule has 86 valence electrons. The summed E-state index contributed by atoms with van der Waals surface area (Å²) in [6, 6.07) is 11.1. The van der Waals surface area contributed by atoms with Crippen molar-refractivity contribution in [3.05, 3.63) is 35.9 Å². The minimum Gasteiger partial charge on any atom is -0.326 e. The fraction of sp³-hybridized carbons (Fsp3) is 0.571. The summed E-state index contributed by atoms with van der Waals surface area (Å²) in [5, 5.41) is 0. The van der Waals surface area contributed by atoms with Crippen LogP contribution in [0.4, 0.5) is 0 Å². The third-order valence-electron chi connectivity index (χ3n) is 3.96. The molecule has 0 aromatic heterocycles. The Morgan fingerprint density at radius 1 is 1.12 bits per heavy atom. The SMILES string of the molecule is N[C@H]1CN(Cc2ccccc2)C[C@H]1C1CC1. The lowest BCUT2D eigenvalue weighted by molar-refractivity contribution is 0.310. The number of hydrogen-bond donors (Lipinski definition) is 1. The minimum absolute atomic E-state index is 0.413. The van der Waals surface area contributed by atoms with Crippen molar-refractivity contribution in [2.45, 2.75) is 25.4 Å². The predicted molar refractivity (Wildman–Crippen MR) is 65.9 cm³/mol. The van der Waals surface area contributed by atoms with Crippen LogP contribution >= 0.6 is 0 Å². The van der Waals surface area contributed by atoms with E-state index in [0.717, 1.165) is 24.9 Å². The molecule has 2 heteroatoms. The Bertz CT molecular complexity index is 345. The van der Waals surface area contributed by atoms with Gasteiger partial charge in [0, 0.05) is 25.7 Å². The first-order valence-electron chi connectivity index (χ1n) is 6.35. The first-order chi connectivity index (χ1) is 7.83. The summed E-state index contributed by atoms with van der Waals surface area (Å²) in [4.78, 5) is 2.52.